The van der Waals surface area contributed by atoms with Crippen molar-refractivity contribution in [2.75, 3.05) is 25.7 Å². The Morgan fingerprint density at radius 1 is 0.917 bits per heavy atom. The van der Waals surface area contributed by atoms with Crippen molar-refractivity contribution in [3.63, 3.8) is 0 Å². The van der Waals surface area contributed by atoms with Gasteiger partial charge in [0.15, 0.2) is 11.5 Å². The highest BCUT2D eigenvalue weighted by Crippen LogP contribution is 2.31. The lowest BCUT2D eigenvalue weighted by Crippen LogP contribution is -2.46. The average Bonchev–Trinajstić information content (AvgIpc) is 3.17. The number of hydrogen-bond donors (Lipinski definition) is 0. The normalized spacial score (nSPS) is 16.0. The van der Waals surface area contributed by atoms with Crippen LogP contribution in [0.3, 0.4) is 0 Å². The van der Waals surface area contributed by atoms with Gasteiger partial charge in [0.05, 0.1) is 31.2 Å². The van der Waals surface area contributed by atoms with Gasteiger partial charge in [0, 0.05) is 6.54 Å². The first-order valence-corrected chi connectivity index (χ1v) is 12.9. The number of aryl methyl sites for hydroxylation is 1. The van der Waals surface area contributed by atoms with E-state index in [0.717, 1.165) is 20.3 Å². The summed E-state index contributed by atoms with van der Waals surface area (Å²) < 4.78 is 39.3. The van der Waals surface area contributed by atoms with E-state index in [0.29, 0.717) is 23.6 Å². The van der Waals surface area contributed by atoms with Crippen LogP contribution in [0.4, 0.5) is 5.69 Å². The second-order valence-electron chi connectivity index (χ2n) is 8.49. The lowest BCUT2D eigenvalue weighted by Gasteiger charge is -2.27. The Labute approximate surface area is 211 Å². The van der Waals surface area contributed by atoms with Crippen LogP contribution in [0.25, 0.3) is 0 Å². The van der Waals surface area contributed by atoms with Gasteiger partial charge in [-0.05, 0) is 55.3 Å². The maximum absolute atomic E-state index is 13.8. The Kier molecular flexibility index (Phi) is 7.42. The van der Waals surface area contributed by atoms with Gasteiger partial charge in [0.2, 0.25) is 15.9 Å². The third-order valence-electron chi connectivity index (χ3n) is 6.18. The van der Waals surface area contributed by atoms with Crippen LogP contribution in [0.5, 0.6) is 11.5 Å². The number of methoxy groups -OCH3 is 2. The molecule has 36 heavy (non-hydrogen) atoms. The van der Waals surface area contributed by atoms with Crippen LogP contribution in [-0.2, 0) is 26.0 Å². The van der Waals surface area contributed by atoms with Crippen LogP contribution in [0, 0.1) is 6.92 Å². The fourth-order valence-electron chi connectivity index (χ4n) is 4.25. The van der Waals surface area contributed by atoms with Crippen LogP contribution in [0.1, 0.15) is 17.5 Å². The minimum atomic E-state index is -4.08. The molecule has 2 amide bonds. The largest absolute Gasteiger partial charge is 0.493 e. The van der Waals surface area contributed by atoms with Crippen LogP contribution >= 0.6 is 0 Å². The molecule has 1 aliphatic rings. The van der Waals surface area contributed by atoms with Gasteiger partial charge in [-0.3, -0.25) is 9.59 Å². The van der Waals surface area contributed by atoms with Crippen molar-refractivity contribution in [1.82, 2.24) is 4.31 Å². The van der Waals surface area contributed by atoms with Gasteiger partial charge in [-0.15, -0.1) is 0 Å². The summed E-state index contributed by atoms with van der Waals surface area (Å²) in [6, 6.07) is 19.2. The molecule has 0 aromatic heterocycles. The maximum atomic E-state index is 13.8. The minimum absolute atomic E-state index is 0.00197. The van der Waals surface area contributed by atoms with E-state index in [2.05, 4.69) is 0 Å². The molecular weight excluding hydrogens is 480 g/mol. The molecule has 9 heteroatoms. The zero-order chi connectivity index (χ0) is 25.9. The molecule has 3 aromatic rings. The maximum Gasteiger partial charge on any atom is 0.252 e. The quantitative estimate of drug-likeness (QED) is 0.410. The lowest BCUT2D eigenvalue weighted by molar-refractivity contribution is -0.122. The highest BCUT2D eigenvalue weighted by atomic mass is 32.2. The lowest BCUT2D eigenvalue weighted by atomic mass is 10.1. The summed E-state index contributed by atoms with van der Waals surface area (Å²) in [6.45, 7) is 1.86. The summed E-state index contributed by atoms with van der Waals surface area (Å²) >= 11 is 0. The van der Waals surface area contributed by atoms with Crippen molar-refractivity contribution in [2.24, 2.45) is 0 Å². The van der Waals surface area contributed by atoms with E-state index < -0.39 is 27.9 Å². The summed E-state index contributed by atoms with van der Waals surface area (Å²) in [4.78, 5) is 27.5. The summed E-state index contributed by atoms with van der Waals surface area (Å²) in [6.07, 6.45) is 0.0690. The number of imide groups is 1. The summed E-state index contributed by atoms with van der Waals surface area (Å²) in [5.74, 6) is 0.0754. The summed E-state index contributed by atoms with van der Waals surface area (Å²) in [5, 5.41) is 0. The van der Waals surface area contributed by atoms with Crippen molar-refractivity contribution < 1.29 is 27.5 Å². The van der Waals surface area contributed by atoms with Gasteiger partial charge < -0.3 is 9.47 Å². The summed E-state index contributed by atoms with van der Waals surface area (Å²) in [5.41, 5.74) is 2.13. The monoisotopic (exact) mass is 508 g/mol. The van der Waals surface area contributed by atoms with Gasteiger partial charge >= 0.3 is 0 Å². The number of rotatable bonds is 9. The predicted octanol–water partition coefficient (Wildman–Crippen LogP) is 3.58. The third kappa shape index (κ3) is 4.98. The molecule has 1 saturated heterocycles. The number of hydrogen-bond acceptors (Lipinski definition) is 6. The Morgan fingerprint density at radius 3 is 2.22 bits per heavy atom. The number of carbonyl (C=O) groups is 2. The molecular formula is C27H28N2O6S. The molecule has 8 nitrogen and oxygen atoms in total. The van der Waals surface area contributed by atoms with E-state index in [1.54, 1.807) is 54.6 Å². The van der Waals surface area contributed by atoms with Crippen LogP contribution in [0.15, 0.2) is 77.7 Å². The highest BCUT2D eigenvalue weighted by Gasteiger charge is 2.46. The minimum Gasteiger partial charge on any atom is -0.493 e. The number of para-hydroxylation sites is 1. The van der Waals surface area contributed by atoms with Crippen LogP contribution in [-0.4, -0.2) is 51.3 Å². The molecule has 0 saturated carbocycles. The molecule has 0 radical (unpaired) electrons. The molecule has 1 fully saturated rings. The summed E-state index contributed by atoms with van der Waals surface area (Å²) in [7, 11) is -1.02. The predicted molar refractivity (Wildman–Crippen MR) is 136 cm³/mol. The van der Waals surface area contributed by atoms with Crippen molar-refractivity contribution >= 4 is 27.5 Å². The smallest absolute Gasteiger partial charge is 0.252 e. The average molecular weight is 509 g/mol. The molecule has 0 aliphatic carbocycles. The second kappa shape index (κ2) is 10.5. The number of benzene rings is 3. The number of amides is 2. The van der Waals surface area contributed by atoms with Gasteiger partial charge in [0.1, 0.15) is 6.04 Å². The molecule has 0 bridgehead atoms. The first-order valence-electron chi connectivity index (χ1n) is 11.5. The van der Waals surface area contributed by atoms with E-state index >= 15 is 0 Å². The number of anilines is 1. The van der Waals surface area contributed by atoms with E-state index in [9.17, 15) is 18.0 Å². The Morgan fingerprint density at radius 2 is 1.58 bits per heavy atom. The van der Waals surface area contributed by atoms with Crippen molar-refractivity contribution in [2.45, 2.75) is 30.7 Å². The molecule has 188 valence electrons. The van der Waals surface area contributed by atoms with E-state index in [-0.39, 0.29) is 17.9 Å². The standard InChI is InChI=1S/C27H28N2O6S/c1-19-9-12-22(13-10-19)36(32,33)28(16-15-20-11-14-24(34-2)25(17-20)35-3)23-18-26(30)29(27(23)31)21-7-5-4-6-8-21/h4-14,17,23H,15-16,18H2,1-3H3. The molecule has 1 atom stereocenters. The van der Waals surface area contributed by atoms with E-state index in [1.807, 2.05) is 13.0 Å². The van der Waals surface area contributed by atoms with Crippen LogP contribution in [0.2, 0.25) is 0 Å². The third-order valence-corrected chi connectivity index (χ3v) is 8.10. The topological polar surface area (TPSA) is 93.2 Å². The second-order valence-corrected chi connectivity index (χ2v) is 10.4. The molecule has 1 unspecified atom stereocenters. The van der Waals surface area contributed by atoms with Crippen molar-refractivity contribution in [1.29, 1.82) is 0 Å². The molecule has 4 rings (SSSR count). The Hall–Kier alpha value is -3.69. The number of sulfonamides is 1. The molecule has 0 N–H and O–H groups in total. The first kappa shape index (κ1) is 25.4. The SMILES string of the molecule is COc1ccc(CCN(C2CC(=O)N(c3ccccc3)C2=O)S(=O)(=O)c2ccc(C)cc2)cc1OC. The zero-order valence-corrected chi connectivity index (χ0v) is 21.2. The van der Waals surface area contributed by atoms with Crippen molar-refractivity contribution in [3.8, 4) is 11.5 Å². The number of nitrogens with zero attached hydrogens (tertiary/aromatic N) is 2. The zero-order valence-electron chi connectivity index (χ0n) is 20.4. The first-order chi connectivity index (χ1) is 17.3. The Bertz CT molecular complexity index is 1360. The number of ether oxygens (including phenoxy) is 2. The van der Waals surface area contributed by atoms with Gasteiger partial charge in [0.25, 0.3) is 5.91 Å². The molecule has 3 aromatic carbocycles. The van der Waals surface area contributed by atoms with Gasteiger partial charge in [-0.25, -0.2) is 13.3 Å². The molecule has 0 spiro atoms. The van der Waals surface area contributed by atoms with Crippen LogP contribution < -0.4 is 14.4 Å². The Balaban J connectivity index is 1.69. The van der Waals surface area contributed by atoms with Gasteiger partial charge in [-0.1, -0.05) is 42.0 Å². The van der Waals surface area contributed by atoms with Crippen molar-refractivity contribution in [3.05, 3.63) is 83.9 Å². The fraction of sp³-hybridized carbons (Fsp3) is 0.259. The number of carbonyl (C=O) groups excluding carboxylic acids is 2. The highest BCUT2D eigenvalue weighted by molar-refractivity contribution is 7.89. The molecule has 1 heterocycles. The van der Waals surface area contributed by atoms with E-state index in [1.165, 1.54) is 26.4 Å². The fourth-order valence-corrected chi connectivity index (χ4v) is 5.84. The van der Waals surface area contributed by atoms with E-state index in [4.69, 9.17) is 9.47 Å². The van der Waals surface area contributed by atoms with Gasteiger partial charge in [-0.2, -0.15) is 4.31 Å². The molecule has 1 aliphatic heterocycles.